The highest BCUT2D eigenvalue weighted by molar-refractivity contribution is 8.18. The number of piperidine rings is 1. The average molecular weight is 650 g/mol. The van der Waals surface area contributed by atoms with Crippen molar-refractivity contribution in [3.05, 3.63) is 65.0 Å². The van der Waals surface area contributed by atoms with Crippen LogP contribution in [0, 0.1) is 0 Å². The monoisotopic (exact) mass is 649 g/mol. The van der Waals surface area contributed by atoms with E-state index in [1.807, 2.05) is 42.0 Å². The van der Waals surface area contributed by atoms with Crippen LogP contribution in [0.1, 0.15) is 118 Å². The molecule has 1 saturated heterocycles. The van der Waals surface area contributed by atoms with Crippen LogP contribution in [0.5, 0.6) is 11.5 Å². The third kappa shape index (κ3) is 8.13. The van der Waals surface area contributed by atoms with Crippen molar-refractivity contribution < 1.29 is 9.84 Å². The summed E-state index contributed by atoms with van der Waals surface area (Å²) in [4.78, 5) is 13.9. The number of hydrogen-bond donors (Lipinski definition) is 1. The van der Waals surface area contributed by atoms with Gasteiger partial charge in [0.25, 0.3) is 0 Å². The van der Waals surface area contributed by atoms with Crippen LogP contribution in [0.2, 0.25) is 0 Å². The maximum absolute atomic E-state index is 11.5. The van der Waals surface area contributed by atoms with Gasteiger partial charge in [0.05, 0.1) is 11.2 Å². The quantitative estimate of drug-likeness (QED) is 0.267. The summed E-state index contributed by atoms with van der Waals surface area (Å²) in [6, 6.07) is 11.1. The highest BCUT2D eigenvalue weighted by Gasteiger charge is 2.40. The maximum Gasteiger partial charge on any atom is 0.225 e. The molecule has 7 heteroatoms. The third-order valence-electron chi connectivity index (χ3n) is 8.55. The third-order valence-corrected chi connectivity index (χ3v) is 11.6. The largest absolute Gasteiger partial charge is 0.507 e. The molecule has 1 aliphatic rings. The molecule has 4 rings (SSSR count). The standard InChI is InChI=1S/C38H55N3O2S2/c1-34(2,3)27-21-25(22-28(31(27)42)35(4,5)6)44-38(15-19-41(20-16-38)33-39-17-14-18-40-33)45-26-23-29(36(7,8)9)32(43-13)30(24-26)37(10,11)12/h14,17-18,21-24,42H,15-16,19-20H2,1-13H3. The van der Waals surface area contributed by atoms with Crippen molar-refractivity contribution >= 4 is 29.5 Å². The summed E-state index contributed by atoms with van der Waals surface area (Å²) in [5.41, 5.74) is 3.97. The van der Waals surface area contributed by atoms with Crippen molar-refractivity contribution in [2.75, 3.05) is 25.1 Å². The fraction of sp³-hybridized carbons (Fsp3) is 0.579. The molecule has 246 valence electrons. The van der Waals surface area contributed by atoms with Crippen LogP contribution >= 0.6 is 23.5 Å². The number of phenols is 1. The SMILES string of the molecule is COc1c(C(C)(C)C)cc(SC2(Sc3cc(C(C)(C)C)c(O)c(C(C)(C)C)c3)CCN(c3ncccn3)CC2)cc1C(C)(C)C. The van der Waals surface area contributed by atoms with Crippen molar-refractivity contribution in [3.63, 3.8) is 0 Å². The molecule has 0 aliphatic carbocycles. The number of benzene rings is 2. The van der Waals surface area contributed by atoms with E-state index in [9.17, 15) is 5.11 Å². The number of aromatic nitrogens is 2. The first kappa shape index (κ1) is 35.5. The van der Waals surface area contributed by atoms with Crippen LogP contribution in [0.4, 0.5) is 5.95 Å². The second-order valence-corrected chi connectivity index (χ2v) is 19.7. The second kappa shape index (κ2) is 12.7. The van der Waals surface area contributed by atoms with Crippen LogP contribution in [0.3, 0.4) is 0 Å². The molecule has 3 aromatic rings. The summed E-state index contributed by atoms with van der Waals surface area (Å²) in [6.07, 6.45) is 5.56. The number of anilines is 1. The zero-order valence-electron chi connectivity index (χ0n) is 29.9. The van der Waals surface area contributed by atoms with Crippen molar-refractivity contribution in [2.24, 2.45) is 0 Å². The van der Waals surface area contributed by atoms with Crippen LogP contribution in [-0.4, -0.2) is 39.4 Å². The number of aromatic hydroxyl groups is 1. The summed E-state index contributed by atoms with van der Waals surface area (Å²) in [7, 11) is 1.80. The summed E-state index contributed by atoms with van der Waals surface area (Å²) in [6.45, 7) is 28.5. The lowest BCUT2D eigenvalue weighted by atomic mass is 9.79. The molecule has 0 saturated carbocycles. The molecule has 2 heterocycles. The Bertz CT molecular complexity index is 1410. The Morgan fingerprint density at radius 1 is 0.667 bits per heavy atom. The number of hydrogen-bond acceptors (Lipinski definition) is 7. The maximum atomic E-state index is 11.5. The van der Waals surface area contributed by atoms with Crippen molar-refractivity contribution in [2.45, 2.75) is 131 Å². The number of phenolic OH excluding ortho intramolecular Hbond substituents is 1. The molecule has 1 fully saturated rings. The highest BCUT2D eigenvalue weighted by Crippen LogP contribution is 2.55. The van der Waals surface area contributed by atoms with Crippen molar-refractivity contribution in [3.8, 4) is 11.5 Å². The summed E-state index contributed by atoms with van der Waals surface area (Å²) >= 11 is 3.96. The molecule has 0 unspecified atom stereocenters. The average Bonchev–Trinajstić information content (AvgIpc) is 2.92. The Balaban J connectivity index is 1.86. The molecule has 45 heavy (non-hydrogen) atoms. The molecule has 1 N–H and O–H groups in total. The Hall–Kier alpha value is -2.38. The lowest BCUT2D eigenvalue weighted by Crippen LogP contribution is -2.41. The molecular formula is C38H55N3O2S2. The van der Waals surface area contributed by atoms with Gasteiger partial charge in [-0.3, -0.25) is 0 Å². The number of ether oxygens (including phenoxy) is 1. The van der Waals surface area contributed by atoms with Gasteiger partial charge in [0.1, 0.15) is 11.5 Å². The second-order valence-electron chi connectivity index (χ2n) is 16.6. The van der Waals surface area contributed by atoms with E-state index in [0.29, 0.717) is 5.75 Å². The molecule has 1 aromatic heterocycles. The predicted octanol–water partition coefficient (Wildman–Crippen LogP) is 10.3. The van der Waals surface area contributed by atoms with Gasteiger partial charge >= 0.3 is 0 Å². The van der Waals surface area contributed by atoms with E-state index in [0.717, 1.165) is 48.8 Å². The first-order chi connectivity index (χ1) is 20.6. The minimum Gasteiger partial charge on any atom is -0.507 e. The van der Waals surface area contributed by atoms with Gasteiger partial charge in [0, 0.05) is 57.5 Å². The molecular weight excluding hydrogens is 595 g/mol. The van der Waals surface area contributed by atoms with Gasteiger partial charge in [0.2, 0.25) is 5.95 Å². The Morgan fingerprint density at radius 2 is 1.04 bits per heavy atom. The van der Waals surface area contributed by atoms with Crippen molar-refractivity contribution in [1.82, 2.24) is 9.97 Å². The van der Waals surface area contributed by atoms with Gasteiger partial charge in [-0.1, -0.05) is 83.1 Å². The molecule has 0 bridgehead atoms. The molecule has 1 aliphatic heterocycles. The topological polar surface area (TPSA) is 58.5 Å². The Morgan fingerprint density at radius 3 is 1.40 bits per heavy atom. The van der Waals surface area contributed by atoms with E-state index in [2.05, 4.69) is 122 Å². The van der Waals surface area contributed by atoms with Gasteiger partial charge in [-0.15, -0.1) is 23.5 Å². The number of methoxy groups -OCH3 is 1. The van der Waals surface area contributed by atoms with Gasteiger partial charge in [0.15, 0.2) is 0 Å². The van der Waals surface area contributed by atoms with Gasteiger partial charge < -0.3 is 14.7 Å². The summed E-state index contributed by atoms with van der Waals surface area (Å²) in [5, 5.41) is 11.5. The van der Waals surface area contributed by atoms with E-state index in [1.165, 1.54) is 20.9 Å². The van der Waals surface area contributed by atoms with Crippen LogP contribution in [-0.2, 0) is 21.7 Å². The predicted molar refractivity (Wildman–Crippen MR) is 194 cm³/mol. The minimum absolute atomic E-state index is 0.0730. The highest BCUT2D eigenvalue weighted by atomic mass is 32.2. The Kier molecular flexibility index (Phi) is 9.99. The molecule has 2 aromatic carbocycles. The van der Waals surface area contributed by atoms with Gasteiger partial charge in [-0.25, -0.2) is 9.97 Å². The van der Waals surface area contributed by atoms with Crippen LogP contribution < -0.4 is 9.64 Å². The van der Waals surface area contributed by atoms with Crippen LogP contribution in [0.25, 0.3) is 0 Å². The van der Waals surface area contributed by atoms with E-state index >= 15 is 0 Å². The van der Waals surface area contributed by atoms with Gasteiger partial charge in [-0.2, -0.15) is 0 Å². The van der Waals surface area contributed by atoms with E-state index in [4.69, 9.17) is 4.74 Å². The fourth-order valence-electron chi connectivity index (χ4n) is 5.96. The number of thioether (sulfide) groups is 2. The van der Waals surface area contributed by atoms with Crippen molar-refractivity contribution in [1.29, 1.82) is 0 Å². The molecule has 0 radical (unpaired) electrons. The minimum atomic E-state index is -0.186. The number of rotatable bonds is 6. The first-order valence-electron chi connectivity index (χ1n) is 16.2. The van der Waals surface area contributed by atoms with Gasteiger partial charge in [-0.05, 0) is 64.8 Å². The smallest absolute Gasteiger partial charge is 0.225 e. The van der Waals surface area contributed by atoms with Crippen LogP contribution in [0.15, 0.2) is 52.5 Å². The molecule has 5 nitrogen and oxygen atoms in total. The first-order valence-corrected chi connectivity index (χ1v) is 17.8. The molecule has 0 spiro atoms. The zero-order valence-corrected chi connectivity index (χ0v) is 31.5. The molecule has 0 amide bonds. The zero-order chi connectivity index (χ0) is 33.6. The van der Waals surface area contributed by atoms with E-state index in [-0.39, 0.29) is 25.7 Å². The summed E-state index contributed by atoms with van der Waals surface area (Å²) < 4.78 is 5.97. The van der Waals surface area contributed by atoms with E-state index < -0.39 is 0 Å². The lowest BCUT2D eigenvalue weighted by Gasteiger charge is -2.42. The lowest BCUT2D eigenvalue weighted by molar-refractivity contribution is 0.380. The Labute approximate surface area is 281 Å². The normalized spacial score (nSPS) is 16.2. The summed E-state index contributed by atoms with van der Waals surface area (Å²) in [5.74, 6) is 2.22. The molecule has 0 atom stereocenters. The van der Waals surface area contributed by atoms with E-state index in [1.54, 1.807) is 7.11 Å². The fourth-order valence-corrected chi connectivity index (χ4v) is 9.05. The number of nitrogens with zero attached hydrogens (tertiary/aromatic N) is 3.